The molecule has 2 aliphatic rings. The monoisotopic (exact) mass is 477 g/mol. The van der Waals surface area contributed by atoms with Crippen LogP contribution >= 0.6 is 0 Å². The minimum Gasteiger partial charge on any atom is -0.507 e. The SMILES string of the molecule is CCCCc1[nH]nc2cc(O)c(C(=O)N3Cc4ccc(OCCN5CCN(C)CC5)cc4C3)cc12. The first-order chi connectivity index (χ1) is 17.0. The van der Waals surface area contributed by atoms with Crippen LogP contribution in [0.15, 0.2) is 30.3 Å². The molecule has 1 aromatic heterocycles. The number of phenols is 1. The molecule has 0 bridgehead atoms. The highest BCUT2D eigenvalue weighted by molar-refractivity contribution is 6.01. The summed E-state index contributed by atoms with van der Waals surface area (Å²) in [4.78, 5) is 19.9. The Morgan fingerprint density at radius 1 is 1.11 bits per heavy atom. The molecule has 1 fully saturated rings. The van der Waals surface area contributed by atoms with Crippen molar-refractivity contribution in [3.63, 3.8) is 0 Å². The number of benzene rings is 2. The first kappa shape index (κ1) is 23.6. The molecule has 1 amide bonds. The number of nitrogens with one attached hydrogen (secondary N) is 1. The van der Waals surface area contributed by atoms with E-state index in [1.807, 2.05) is 6.07 Å². The molecule has 1 saturated heterocycles. The maximum Gasteiger partial charge on any atom is 0.258 e. The van der Waals surface area contributed by atoms with Gasteiger partial charge >= 0.3 is 0 Å². The van der Waals surface area contributed by atoms with Crippen LogP contribution in [0, 0.1) is 0 Å². The van der Waals surface area contributed by atoms with Crippen molar-refractivity contribution in [2.75, 3.05) is 46.4 Å². The third-order valence-corrected chi connectivity index (χ3v) is 7.22. The number of ether oxygens (including phenoxy) is 1. The fraction of sp³-hybridized carbons (Fsp3) is 0.481. The second-order valence-electron chi connectivity index (χ2n) is 9.78. The van der Waals surface area contributed by atoms with Gasteiger partial charge in [-0.25, -0.2) is 0 Å². The molecule has 0 saturated carbocycles. The fourth-order valence-corrected chi connectivity index (χ4v) is 4.95. The third kappa shape index (κ3) is 5.13. The number of likely N-dealkylation sites (N-methyl/N-ethyl adjacent to an activating group) is 1. The Balaban J connectivity index is 1.23. The largest absolute Gasteiger partial charge is 0.507 e. The molecular formula is C27H35N5O3. The minimum absolute atomic E-state index is 0.0278. The lowest BCUT2D eigenvalue weighted by Crippen LogP contribution is -2.45. The molecule has 0 aliphatic carbocycles. The Kier molecular flexibility index (Phi) is 6.92. The van der Waals surface area contributed by atoms with Gasteiger partial charge in [0.2, 0.25) is 0 Å². The van der Waals surface area contributed by atoms with Crippen LogP contribution in [0.25, 0.3) is 10.9 Å². The Labute approximate surface area is 206 Å². The highest BCUT2D eigenvalue weighted by Gasteiger charge is 2.27. The van der Waals surface area contributed by atoms with Gasteiger partial charge in [0, 0.05) is 63.0 Å². The Morgan fingerprint density at radius 2 is 1.91 bits per heavy atom. The van der Waals surface area contributed by atoms with Crippen molar-refractivity contribution in [3.8, 4) is 11.5 Å². The lowest BCUT2D eigenvalue weighted by Gasteiger charge is -2.32. The predicted molar refractivity (Wildman–Crippen MR) is 136 cm³/mol. The highest BCUT2D eigenvalue weighted by atomic mass is 16.5. The van der Waals surface area contributed by atoms with E-state index in [9.17, 15) is 9.90 Å². The van der Waals surface area contributed by atoms with E-state index in [-0.39, 0.29) is 11.7 Å². The summed E-state index contributed by atoms with van der Waals surface area (Å²) in [6, 6.07) is 9.47. The summed E-state index contributed by atoms with van der Waals surface area (Å²) in [7, 11) is 2.16. The van der Waals surface area contributed by atoms with Gasteiger partial charge in [0.1, 0.15) is 18.1 Å². The molecule has 35 heavy (non-hydrogen) atoms. The molecule has 2 N–H and O–H groups in total. The van der Waals surface area contributed by atoms with Crippen molar-refractivity contribution in [1.29, 1.82) is 0 Å². The van der Waals surface area contributed by atoms with Crippen molar-refractivity contribution < 1.29 is 14.6 Å². The molecule has 186 valence electrons. The van der Waals surface area contributed by atoms with Crippen LogP contribution in [-0.2, 0) is 19.5 Å². The summed E-state index contributed by atoms with van der Waals surface area (Å²) in [5, 5.41) is 18.9. The van der Waals surface area contributed by atoms with E-state index in [0.717, 1.165) is 79.9 Å². The molecule has 8 heteroatoms. The number of fused-ring (bicyclic) bond motifs is 2. The van der Waals surface area contributed by atoms with Crippen LogP contribution < -0.4 is 4.74 Å². The van der Waals surface area contributed by atoms with Crippen molar-refractivity contribution in [3.05, 3.63) is 52.7 Å². The molecule has 0 radical (unpaired) electrons. The normalized spacial score (nSPS) is 16.7. The molecule has 3 aromatic rings. The summed E-state index contributed by atoms with van der Waals surface area (Å²) in [5.74, 6) is 0.649. The summed E-state index contributed by atoms with van der Waals surface area (Å²) in [6.07, 6.45) is 3.00. The zero-order chi connectivity index (χ0) is 24.4. The quantitative estimate of drug-likeness (QED) is 0.517. The van der Waals surface area contributed by atoms with Crippen molar-refractivity contribution in [2.45, 2.75) is 39.3 Å². The van der Waals surface area contributed by atoms with Crippen molar-refractivity contribution in [1.82, 2.24) is 24.9 Å². The third-order valence-electron chi connectivity index (χ3n) is 7.22. The number of nitrogens with zero attached hydrogens (tertiary/aromatic N) is 4. The number of aryl methyl sites for hydroxylation is 1. The fourth-order valence-electron chi connectivity index (χ4n) is 4.95. The van der Waals surface area contributed by atoms with Gasteiger partial charge in [0.25, 0.3) is 5.91 Å². The van der Waals surface area contributed by atoms with Crippen molar-refractivity contribution >= 4 is 16.8 Å². The van der Waals surface area contributed by atoms with E-state index in [1.54, 1.807) is 17.0 Å². The van der Waals surface area contributed by atoms with E-state index >= 15 is 0 Å². The Morgan fingerprint density at radius 3 is 2.71 bits per heavy atom. The Bertz CT molecular complexity index is 1200. The first-order valence-corrected chi connectivity index (χ1v) is 12.7. The summed E-state index contributed by atoms with van der Waals surface area (Å²) < 4.78 is 6.04. The van der Waals surface area contributed by atoms with Crippen LogP contribution in [0.1, 0.15) is 46.9 Å². The number of hydrogen-bond acceptors (Lipinski definition) is 6. The number of aromatic hydroxyl groups is 1. The second-order valence-corrected chi connectivity index (χ2v) is 9.78. The number of carbonyl (C=O) groups is 1. The molecule has 0 spiro atoms. The molecule has 8 nitrogen and oxygen atoms in total. The summed E-state index contributed by atoms with van der Waals surface area (Å²) in [6.45, 7) is 9.13. The van der Waals surface area contributed by atoms with Crippen LogP contribution in [0.3, 0.4) is 0 Å². The number of aromatic nitrogens is 2. The van der Waals surface area contributed by atoms with Gasteiger partial charge in [0.15, 0.2) is 0 Å². The maximum atomic E-state index is 13.4. The number of carbonyl (C=O) groups excluding carboxylic acids is 1. The molecule has 5 rings (SSSR count). The lowest BCUT2D eigenvalue weighted by molar-refractivity contribution is 0.0748. The van der Waals surface area contributed by atoms with Gasteiger partial charge in [-0.2, -0.15) is 5.10 Å². The zero-order valence-corrected chi connectivity index (χ0v) is 20.7. The number of hydrogen-bond donors (Lipinski definition) is 2. The number of piperazine rings is 1. The van der Waals surface area contributed by atoms with Gasteiger partial charge in [0.05, 0.1) is 11.1 Å². The molecular weight excluding hydrogens is 442 g/mol. The Hall–Kier alpha value is -3.10. The lowest BCUT2D eigenvalue weighted by atomic mass is 10.1. The van der Waals surface area contributed by atoms with Gasteiger partial charge in [-0.15, -0.1) is 0 Å². The van der Waals surface area contributed by atoms with Crippen molar-refractivity contribution in [2.24, 2.45) is 0 Å². The first-order valence-electron chi connectivity index (χ1n) is 12.7. The van der Waals surface area contributed by atoms with Gasteiger partial charge < -0.3 is 19.6 Å². The number of amides is 1. The van der Waals surface area contributed by atoms with Crippen LogP contribution in [0.5, 0.6) is 11.5 Å². The van der Waals surface area contributed by atoms with Crippen LogP contribution in [0.4, 0.5) is 0 Å². The summed E-state index contributed by atoms with van der Waals surface area (Å²) in [5.41, 5.74) is 4.25. The second kappa shape index (κ2) is 10.3. The maximum absolute atomic E-state index is 13.4. The topological polar surface area (TPSA) is 84.9 Å². The van der Waals surface area contributed by atoms with E-state index in [4.69, 9.17) is 4.74 Å². The van der Waals surface area contributed by atoms with E-state index in [2.05, 4.69) is 46.1 Å². The average Bonchev–Trinajstić information content (AvgIpc) is 3.46. The highest BCUT2D eigenvalue weighted by Crippen LogP contribution is 2.32. The van der Waals surface area contributed by atoms with E-state index < -0.39 is 0 Å². The van der Waals surface area contributed by atoms with E-state index in [0.29, 0.717) is 30.8 Å². The predicted octanol–water partition coefficient (Wildman–Crippen LogP) is 3.39. The van der Waals surface area contributed by atoms with Crippen LogP contribution in [0.2, 0.25) is 0 Å². The number of phenolic OH excluding ortho intramolecular Hbond substituents is 1. The standard InChI is InChI=1S/C27H35N5O3/c1-3-4-5-24-22-15-23(26(33)16-25(22)29-28-24)27(34)32-17-19-6-7-21(14-20(19)18-32)35-13-12-31-10-8-30(2)9-11-31/h6-7,14-16,33H,3-5,8-13,17-18H2,1-2H3,(H,28,29). The number of aromatic amines is 1. The molecule has 0 atom stereocenters. The zero-order valence-electron chi connectivity index (χ0n) is 20.7. The molecule has 0 unspecified atom stereocenters. The molecule has 2 aromatic carbocycles. The van der Waals surface area contributed by atoms with Gasteiger partial charge in [-0.1, -0.05) is 19.4 Å². The van der Waals surface area contributed by atoms with Crippen LogP contribution in [-0.4, -0.2) is 82.3 Å². The van der Waals surface area contributed by atoms with Gasteiger partial charge in [-0.3, -0.25) is 14.8 Å². The number of H-pyrrole nitrogens is 1. The molecule has 3 heterocycles. The van der Waals surface area contributed by atoms with E-state index in [1.165, 1.54) is 0 Å². The number of rotatable bonds is 8. The smallest absolute Gasteiger partial charge is 0.258 e. The number of unbranched alkanes of at least 4 members (excludes halogenated alkanes) is 1. The molecule has 2 aliphatic heterocycles. The summed E-state index contributed by atoms with van der Waals surface area (Å²) >= 11 is 0. The van der Waals surface area contributed by atoms with Gasteiger partial charge in [-0.05, 0) is 49.2 Å². The average molecular weight is 478 g/mol. The minimum atomic E-state index is -0.166.